The van der Waals surface area contributed by atoms with Crippen molar-refractivity contribution in [3.05, 3.63) is 17.8 Å². The van der Waals surface area contributed by atoms with Gasteiger partial charge in [0, 0.05) is 12.6 Å². The standard InChI is InChI=1S/C13H19N5O/c14-12(17-19)10-5-7-15-16-13(10)18-8-6-9-3-1-2-4-11(9)18/h5,7,9,11,19H,1-4,6,8H2,(H2,14,17). The predicted octanol–water partition coefficient (Wildman–Crippen LogP) is 1.34. The van der Waals surface area contributed by atoms with Crippen molar-refractivity contribution in [1.29, 1.82) is 0 Å². The molecule has 6 nitrogen and oxygen atoms in total. The van der Waals surface area contributed by atoms with Gasteiger partial charge in [-0.3, -0.25) is 0 Å². The Kier molecular flexibility index (Phi) is 3.23. The van der Waals surface area contributed by atoms with Crippen molar-refractivity contribution in [2.45, 2.75) is 38.1 Å². The summed E-state index contributed by atoms with van der Waals surface area (Å²) in [6.07, 6.45) is 7.90. The van der Waals surface area contributed by atoms with E-state index in [1.807, 2.05) is 0 Å². The second kappa shape index (κ2) is 5.03. The third kappa shape index (κ3) is 2.11. The largest absolute Gasteiger partial charge is 0.409 e. The molecule has 2 heterocycles. The zero-order valence-corrected chi connectivity index (χ0v) is 10.9. The molecule has 2 unspecified atom stereocenters. The first-order chi connectivity index (χ1) is 9.31. The molecule has 1 aromatic heterocycles. The van der Waals surface area contributed by atoms with E-state index in [0.29, 0.717) is 11.6 Å². The molecule has 2 atom stereocenters. The van der Waals surface area contributed by atoms with Gasteiger partial charge in [-0.1, -0.05) is 18.0 Å². The molecule has 0 spiro atoms. The second-order valence-corrected chi connectivity index (χ2v) is 5.35. The van der Waals surface area contributed by atoms with Crippen LogP contribution < -0.4 is 10.6 Å². The molecular formula is C13H19N5O. The molecule has 0 amide bonds. The first-order valence-electron chi connectivity index (χ1n) is 6.87. The molecule has 0 aromatic carbocycles. The summed E-state index contributed by atoms with van der Waals surface area (Å²) in [5.74, 6) is 1.62. The lowest BCUT2D eigenvalue weighted by Crippen LogP contribution is -2.36. The van der Waals surface area contributed by atoms with Gasteiger partial charge in [-0.05, 0) is 31.2 Å². The summed E-state index contributed by atoms with van der Waals surface area (Å²) in [5.41, 5.74) is 6.41. The van der Waals surface area contributed by atoms with E-state index in [9.17, 15) is 0 Å². The fourth-order valence-corrected chi connectivity index (χ4v) is 3.46. The second-order valence-electron chi connectivity index (χ2n) is 5.35. The minimum atomic E-state index is 0.101. The summed E-state index contributed by atoms with van der Waals surface area (Å²) in [7, 11) is 0. The van der Waals surface area contributed by atoms with Crippen LogP contribution in [0.5, 0.6) is 0 Å². The lowest BCUT2D eigenvalue weighted by molar-refractivity contribution is 0.318. The van der Waals surface area contributed by atoms with Gasteiger partial charge in [0.1, 0.15) is 0 Å². The number of fused-ring (bicyclic) bond motifs is 1. The lowest BCUT2D eigenvalue weighted by atomic mass is 9.85. The van der Waals surface area contributed by atoms with E-state index >= 15 is 0 Å². The molecule has 2 aliphatic rings. The average molecular weight is 261 g/mol. The Balaban J connectivity index is 1.94. The Hall–Kier alpha value is -1.85. The summed E-state index contributed by atoms with van der Waals surface area (Å²) in [6.45, 7) is 0.986. The van der Waals surface area contributed by atoms with Crippen LogP contribution in [0.2, 0.25) is 0 Å². The number of hydrogen-bond acceptors (Lipinski definition) is 5. The molecular weight excluding hydrogens is 242 g/mol. The van der Waals surface area contributed by atoms with Crippen LogP contribution in [0.15, 0.2) is 17.4 Å². The van der Waals surface area contributed by atoms with E-state index in [1.54, 1.807) is 12.3 Å². The normalized spacial score (nSPS) is 27.4. The van der Waals surface area contributed by atoms with Crippen LogP contribution in [0.1, 0.15) is 37.7 Å². The van der Waals surface area contributed by atoms with Gasteiger partial charge in [-0.2, -0.15) is 5.10 Å². The van der Waals surface area contributed by atoms with Gasteiger partial charge < -0.3 is 15.8 Å². The Morgan fingerprint density at radius 1 is 1.37 bits per heavy atom. The smallest absolute Gasteiger partial charge is 0.173 e. The molecule has 0 radical (unpaired) electrons. The van der Waals surface area contributed by atoms with Crippen molar-refractivity contribution < 1.29 is 5.21 Å². The fourth-order valence-electron chi connectivity index (χ4n) is 3.46. The van der Waals surface area contributed by atoms with Crippen LogP contribution in [0, 0.1) is 5.92 Å². The van der Waals surface area contributed by atoms with Crippen LogP contribution in [0.3, 0.4) is 0 Å². The number of aromatic nitrogens is 2. The van der Waals surface area contributed by atoms with Crippen LogP contribution in [-0.4, -0.2) is 33.8 Å². The minimum absolute atomic E-state index is 0.101. The molecule has 1 aliphatic heterocycles. The van der Waals surface area contributed by atoms with E-state index in [1.165, 1.54) is 32.1 Å². The molecule has 1 saturated heterocycles. The molecule has 1 aliphatic carbocycles. The topological polar surface area (TPSA) is 87.6 Å². The molecule has 0 bridgehead atoms. The maximum absolute atomic E-state index is 8.88. The summed E-state index contributed by atoms with van der Waals surface area (Å²) in [5, 5.41) is 20.2. The highest BCUT2D eigenvalue weighted by Gasteiger charge is 2.37. The number of oxime groups is 1. The SMILES string of the molecule is N/C(=N/O)c1ccnnc1N1CCC2CCCCC21. The molecule has 3 rings (SSSR count). The number of nitrogens with zero attached hydrogens (tertiary/aromatic N) is 4. The molecule has 2 fully saturated rings. The Labute approximate surface area is 112 Å². The number of hydrogen-bond donors (Lipinski definition) is 2. The average Bonchev–Trinajstić information content (AvgIpc) is 2.90. The number of anilines is 1. The molecule has 6 heteroatoms. The van der Waals surface area contributed by atoms with E-state index in [2.05, 4.69) is 20.3 Å². The van der Waals surface area contributed by atoms with Crippen molar-refractivity contribution in [2.75, 3.05) is 11.4 Å². The summed E-state index contributed by atoms with van der Waals surface area (Å²) >= 11 is 0. The summed E-state index contributed by atoms with van der Waals surface area (Å²) in [4.78, 5) is 2.30. The first kappa shape index (κ1) is 12.2. The van der Waals surface area contributed by atoms with Gasteiger partial charge in [0.25, 0.3) is 0 Å². The van der Waals surface area contributed by atoms with Gasteiger partial charge >= 0.3 is 0 Å². The van der Waals surface area contributed by atoms with Crippen molar-refractivity contribution in [3.8, 4) is 0 Å². The highest BCUT2D eigenvalue weighted by Crippen LogP contribution is 2.38. The van der Waals surface area contributed by atoms with E-state index in [4.69, 9.17) is 10.9 Å². The third-order valence-electron chi connectivity index (χ3n) is 4.37. The highest BCUT2D eigenvalue weighted by molar-refractivity contribution is 6.01. The Morgan fingerprint density at radius 2 is 2.21 bits per heavy atom. The number of nitrogens with two attached hydrogens (primary N) is 1. The van der Waals surface area contributed by atoms with Gasteiger partial charge in [-0.25, -0.2) is 0 Å². The van der Waals surface area contributed by atoms with Crippen LogP contribution >= 0.6 is 0 Å². The molecule has 3 N–H and O–H groups in total. The Bertz CT molecular complexity index is 490. The van der Waals surface area contributed by atoms with Crippen molar-refractivity contribution in [2.24, 2.45) is 16.8 Å². The minimum Gasteiger partial charge on any atom is -0.409 e. The molecule has 102 valence electrons. The van der Waals surface area contributed by atoms with Gasteiger partial charge in [0.2, 0.25) is 0 Å². The zero-order chi connectivity index (χ0) is 13.2. The van der Waals surface area contributed by atoms with E-state index in [-0.39, 0.29) is 5.84 Å². The third-order valence-corrected chi connectivity index (χ3v) is 4.37. The zero-order valence-electron chi connectivity index (χ0n) is 10.9. The summed E-state index contributed by atoms with van der Waals surface area (Å²) < 4.78 is 0. The van der Waals surface area contributed by atoms with Gasteiger partial charge in [-0.15, -0.1) is 5.10 Å². The molecule has 19 heavy (non-hydrogen) atoms. The number of rotatable bonds is 2. The number of amidine groups is 1. The lowest BCUT2D eigenvalue weighted by Gasteiger charge is -2.32. The van der Waals surface area contributed by atoms with Gasteiger partial charge in [0.15, 0.2) is 11.7 Å². The van der Waals surface area contributed by atoms with Crippen LogP contribution in [0.4, 0.5) is 5.82 Å². The summed E-state index contributed by atoms with van der Waals surface area (Å²) in [6, 6.07) is 2.30. The monoisotopic (exact) mass is 261 g/mol. The molecule has 1 aromatic rings. The molecule has 1 saturated carbocycles. The maximum atomic E-state index is 8.88. The first-order valence-corrected chi connectivity index (χ1v) is 6.87. The van der Waals surface area contributed by atoms with Crippen molar-refractivity contribution >= 4 is 11.7 Å². The van der Waals surface area contributed by atoms with Crippen LogP contribution in [0.25, 0.3) is 0 Å². The Morgan fingerprint density at radius 3 is 3.05 bits per heavy atom. The van der Waals surface area contributed by atoms with Gasteiger partial charge in [0.05, 0.1) is 11.8 Å². The van der Waals surface area contributed by atoms with Crippen LogP contribution in [-0.2, 0) is 0 Å². The quantitative estimate of drug-likeness (QED) is 0.363. The predicted molar refractivity (Wildman–Crippen MR) is 72.3 cm³/mol. The van der Waals surface area contributed by atoms with Crippen molar-refractivity contribution in [3.63, 3.8) is 0 Å². The fraction of sp³-hybridized carbons (Fsp3) is 0.615. The van der Waals surface area contributed by atoms with E-state index < -0.39 is 0 Å². The van der Waals surface area contributed by atoms with Crippen molar-refractivity contribution in [1.82, 2.24) is 10.2 Å². The highest BCUT2D eigenvalue weighted by atomic mass is 16.4. The van der Waals surface area contributed by atoms with E-state index in [0.717, 1.165) is 18.3 Å². The maximum Gasteiger partial charge on any atom is 0.173 e.